The van der Waals surface area contributed by atoms with Gasteiger partial charge in [-0.2, -0.15) is 79.0 Å². The van der Waals surface area contributed by atoms with Crippen molar-refractivity contribution in [3.05, 3.63) is 0 Å². The minimum Gasteiger partial charge on any atom is -0.741 e. The molecule has 0 spiro atoms. The Labute approximate surface area is 764 Å². The first kappa shape index (κ1) is 153. The van der Waals surface area contributed by atoms with Gasteiger partial charge in [0.1, 0.15) is 0 Å². The fourth-order valence-corrected chi connectivity index (χ4v) is 6.95. The quantitative estimate of drug-likeness (QED) is 0.0529. The van der Waals surface area contributed by atoms with Crippen molar-refractivity contribution in [2.75, 3.05) is 263 Å². The Hall–Kier alpha value is 1.80. The Balaban J connectivity index is -0.0000000810. The van der Waals surface area contributed by atoms with Gasteiger partial charge in [0.2, 0.25) is 0 Å². The zero-order valence-corrected chi connectivity index (χ0v) is 76.2. The van der Waals surface area contributed by atoms with Gasteiger partial charge in [0.25, 0.3) is 0 Å². The van der Waals surface area contributed by atoms with Gasteiger partial charge in [-0.25, -0.2) is 50.5 Å². The van der Waals surface area contributed by atoms with Gasteiger partial charge in [0.15, 0.2) is 60.7 Å². The normalized spacial score (nSPS) is 19.7. The third-order valence-corrected chi connectivity index (χ3v) is 15.6. The van der Waals surface area contributed by atoms with Gasteiger partial charge in [-0.1, -0.05) is 0 Å². The van der Waals surface area contributed by atoms with Crippen LogP contribution in [0.4, 0.5) is 79.0 Å². The molecule has 0 unspecified atom stereocenters. The van der Waals surface area contributed by atoms with Crippen LogP contribution < -0.4 is 63.8 Å². The third kappa shape index (κ3) is 103. The molecule has 0 saturated carbocycles. The van der Waals surface area contributed by atoms with Gasteiger partial charge in [-0.05, 0) is 13.8 Å². The molecule has 6 fully saturated rings. The molecular weight excluding hydrogens is 2350 g/mol. The number of aliphatic hydroxyl groups excluding tert-OH is 2. The Morgan fingerprint density at radius 2 is 0.299 bits per heavy atom. The van der Waals surface area contributed by atoms with Crippen molar-refractivity contribution in [2.45, 2.75) is 46.9 Å². The van der Waals surface area contributed by atoms with E-state index in [1.54, 1.807) is 0 Å². The van der Waals surface area contributed by atoms with Crippen molar-refractivity contribution in [3.63, 3.8) is 0 Å². The summed E-state index contributed by atoms with van der Waals surface area (Å²) < 4.78 is 358. The molecule has 6 rings (SSSR count). The first-order valence-corrected chi connectivity index (χ1v) is 40.2. The van der Waals surface area contributed by atoms with Crippen LogP contribution in [-0.2, 0) is 200 Å². The second-order valence-electron chi connectivity index (χ2n) is 20.5. The maximum Gasteiger partial charge on any atom is 1.00 e. The molecule has 0 atom stereocenters. The summed E-state index contributed by atoms with van der Waals surface area (Å²) in [4.78, 5) is 10.2. The number of hydrogen-bond donors (Lipinski definition) is 14. The van der Waals surface area contributed by atoms with Crippen molar-refractivity contribution >= 4 is 60.7 Å². The summed E-state index contributed by atoms with van der Waals surface area (Å²) in [5, 5.41) is 56.9. The average molecular weight is 2460 g/mol. The molecule has 0 amide bonds. The van der Waals surface area contributed by atoms with E-state index in [0.717, 1.165) is 263 Å². The molecule has 6 saturated heterocycles. The van der Waals surface area contributed by atoms with Crippen LogP contribution in [0.1, 0.15) is 13.8 Å². The molecule has 4 bridgehead atoms. The van der Waals surface area contributed by atoms with E-state index in [2.05, 4.69) is 83.4 Å². The zero-order valence-electron chi connectivity index (χ0n) is 62.4. The van der Waals surface area contributed by atoms with Crippen LogP contribution in [-0.4, -0.2) is 415 Å². The Kier molecular flexibility index (Phi) is 112. The molecule has 39 nitrogen and oxygen atoms in total. The Bertz CT molecular complexity index is 2360. The molecule has 0 aromatic heterocycles. The summed E-state index contributed by atoms with van der Waals surface area (Å²) in [6.45, 7) is 44.5. The van der Waals surface area contributed by atoms with Gasteiger partial charge >= 0.3 is 167 Å². The molecule has 6 heterocycles. The zero-order chi connectivity index (χ0) is 86.4. The third-order valence-electron chi connectivity index (χ3n) is 12.2. The van der Waals surface area contributed by atoms with Gasteiger partial charge < -0.3 is 117 Å². The van der Waals surface area contributed by atoms with E-state index < -0.39 is 93.8 Å². The number of aliphatic hydroxyl groups is 2. The van der Waals surface area contributed by atoms with Crippen LogP contribution in [0.3, 0.4) is 0 Å². The van der Waals surface area contributed by atoms with Crippen molar-refractivity contribution in [1.29, 1.82) is 0 Å². The van der Waals surface area contributed by atoms with Gasteiger partial charge in [0.05, 0.1) is 0 Å². The maximum atomic E-state index is 10.7. The molecule has 744 valence electrons. The molecule has 6 aliphatic heterocycles. The number of ether oxygens (including phenoxy) is 1. The summed E-state index contributed by atoms with van der Waals surface area (Å²) in [7, 11) is -34.5. The van der Waals surface area contributed by atoms with E-state index in [4.69, 9.17) is 92.8 Å². The summed E-state index contributed by atoms with van der Waals surface area (Å²) in [5.74, 6) is 0. The standard InChI is InChI=1S/2C18H42N8.C4H10O.6CHF3O3S.2CH4O.6Ag.2H2O/c2*1-2-20-8-14-26-17-11-23-5-3-21-9-15-25(13-7-19-1)16-10-22-4-6-24-12-18-26;1-3-5-4-2;6*2-1(3,4)8(5,6)7;2*1-2;;;;;;;;/h2*19-24H,1-18H2;3-4H2,1-2H3;6*(H,5,6,7);2*2H,1H3;;;;;;;2*1H2/q;;;;;;;;;;;6*+1;;/p-6. The van der Waals surface area contributed by atoms with Crippen LogP contribution in [0.15, 0.2) is 0 Å². The van der Waals surface area contributed by atoms with E-state index in [1.165, 1.54) is 0 Å². The van der Waals surface area contributed by atoms with Crippen LogP contribution in [0.25, 0.3) is 0 Å². The van der Waals surface area contributed by atoms with E-state index in [0.29, 0.717) is 0 Å². The first-order valence-electron chi connectivity index (χ1n) is 31.8. The van der Waals surface area contributed by atoms with Gasteiger partial charge in [-0.3, -0.25) is 19.6 Å². The van der Waals surface area contributed by atoms with Crippen molar-refractivity contribution in [2.24, 2.45) is 0 Å². The summed E-state index contributed by atoms with van der Waals surface area (Å²) in [6, 6.07) is 0. The van der Waals surface area contributed by atoms with Crippen molar-refractivity contribution in [1.82, 2.24) is 83.4 Å². The summed E-state index contributed by atoms with van der Waals surface area (Å²) in [6.07, 6.45) is 0. The fourth-order valence-electron chi connectivity index (χ4n) is 6.95. The smallest absolute Gasteiger partial charge is 0.741 e. The van der Waals surface area contributed by atoms with Crippen LogP contribution >= 0.6 is 0 Å². The predicted octanol–water partition coefficient (Wildman–Crippen LogP) is -6.79. The minimum absolute atomic E-state index is 0. The second-order valence-corrected chi connectivity index (χ2v) is 28.8. The number of rotatable bonds is 2. The van der Waals surface area contributed by atoms with E-state index in [9.17, 15) is 79.0 Å². The number of alkyl halides is 18. The number of nitrogens with one attached hydrogen (secondary N) is 12. The van der Waals surface area contributed by atoms with E-state index in [1.807, 2.05) is 13.8 Å². The molecule has 117 heavy (non-hydrogen) atoms. The molecule has 0 aromatic rings. The number of halogens is 18. The molecule has 69 heteroatoms. The predicted molar refractivity (Wildman–Crippen MR) is 360 cm³/mol. The number of fused-ring (bicyclic) bond motifs is 42. The van der Waals surface area contributed by atoms with Crippen molar-refractivity contribution in [3.8, 4) is 0 Å². The van der Waals surface area contributed by atoms with Crippen LogP contribution in [0.2, 0.25) is 0 Å². The largest absolute Gasteiger partial charge is 1.00 e. The summed E-state index contributed by atoms with van der Waals surface area (Å²) >= 11 is 0. The Morgan fingerprint density at radius 1 is 0.231 bits per heavy atom. The van der Waals surface area contributed by atoms with E-state index in [-0.39, 0.29) is 145 Å². The first-order chi connectivity index (χ1) is 49.8. The fraction of sp³-hybridized carbons (Fsp3) is 1.00. The van der Waals surface area contributed by atoms with Crippen LogP contribution in [0.5, 0.6) is 0 Å². The van der Waals surface area contributed by atoms with Crippen molar-refractivity contribution < 1.29 is 317 Å². The topological polar surface area (TPSA) is 613 Å². The second kappa shape index (κ2) is 85.9. The van der Waals surface area contributed by atoms with E-state index >= 15 is 0 Å². The molecular formula is C48H106Ag6F18N16O23S6. The van der Waals surface area contributed by atoms with Gasteiger partial charge in [-0.15, -0.1) is 0 Å². The van der Waals surface area contributed by atoms with Crippen LogP contribution in [0, 0.1) is 0 Å². The number of nitrogens with zero attached hydrogens (tertiary/aromatic N) is 4. The Morgan fingerprint density at radius 3 is 0.342 bits per heavy atom. The van der Waals surface area contributed by atoms with Gasteiger partial charge in [0, 0.05) is 263 Å². The molecule has 0 aromatic carbocycles. The molecule has 0 radical (unpaired) electrons. The average Bonchev–Trinajstić information content (AvgIpc) is 0.903. The summed E-state index contributed by atoms with van der Waals surface area (Å²) in [5.41, 5.74) is -33.9. The minimum atomic E-state index is -6.09. The number of hydrogen-bond acceptors (Lipinski definition) is 37. The molecule has 6 aliphatic rings. The molecule has 0 aliphatic carbocycles. The SMILES string of the molecule is C1CNCCN2CCNCCNCCN(CCN1)CCNCCNCC2.C1CNCCN2CCNCCNCCN(CCN1)CCNCCNCC2.CCOCC.CO.CO.O.O.O=S(=O)([O-])C(F)(F)F.O=S(=O)([O-])C(F)(F)F.O=S(=O)([O-])C(F)(F)F.O=S(=O)([O-])C(F)(F)F.O=S(=O)([O-])C(F)(F)F.O=S(=O)([O-])C(F)(F)F.[Ag+].[Ag+].[Ag+].[Ag+].[Ag+].[Ag+]. The maximum absolute atomic E-state index is 10.7. The molecule has 18 N–H and O–H groups in total. The monoisotopic (exact) mass is 2450 g/mol.